The molecule has 16 heavy (non-hydrogen) atoms. The molecule has 1 aliphatic heterocycles. The summed E-state index contributed by atoms with van der Waals surface area (Å²) in [4.78, 5) is 0. The maximum atomic E-state index is 9.23. The molecular weight excluding hydrogens is 226 g/mol. The number of hydrogen-bond donors (Lipinski definition) is 2. The molecule has 0 aliphatic carbocycles. The quantitative estimate of drug-likeness (QED) is 0.820. The Morgan fingerprint density at radius 2 is 2.00 bits per heavy atom. The highest BCUT2D eigenvalue weighted by atomic mass is 35.5. The van der Waals surface area contributed by atoms with Crippen LogP contribution in [0.2, 0.25) is 5.02 Å². The van der Waals surface area contributed by atoms with Gasteiger partial charge in [-0.05, 0) is 17.7 Å². The van der Waals surface area contributed by atoms with E-state index in [0.29, 0.717) is 13.2 Å². The molecule has 0 atom stereocenters. The summed E-state index contributed by atoms with van der Waals surface area (Å²) in [6, 6.07) is 7.76. The zero-order valence-corrected chi connectivity index (χ0v) is 9.83. The second-order valence-electron chi connectivity index (χ2n) is 4.38. The predicted molar refractivity (Wildman–Crippen MR) is 63.5 cm³/mol. The van der Waals surface area contributed by atoms with Crippen LogP contribution >= 0.6 is 11.6 Å². The number of ether oxygens (including phenoxy) is 1. The molecule has 2 rings (SSSR count). The Labute approximate surface area is 100 Å². The van der Waals surface area contributed by atoms with Gasteiger partial charge in [0.2, 0.25) is 0 Å². The monoisotopic (exact) mass is 241 g/mol. The Hall–Kier alpha value is -0.610. The number of aliphatic hydroxyl groups is 1. The van der Waals surface area contributed by atoms with E-state index in [9.17, 15) is 5.11 Å². The summed E-state index contributed by atoms with van der Waals surface area (Å²) in [5, 5.41) is 13.3. The minimum atomic E-state index is -0.0631. The van der Waals surface area contributed by atoms with Crippen molar-refractivity contribution in [1.82, 2.24) is 5.32 Å². The lowest BCUT2D eigenvalue weighted by Gasteiger charge is -2.40. The van der Waals surface area contributed by atoms with Crippen LogP contribution in [0.5, 0.6) is 0 Å². The molecule has 0 saturated carbocycles. The molecule has 1 fully saturated rings. The Kier molecular flexibility index (Phi) is 3.82. The molecule has 0 spiro atoms. The van der Waals surface area contributed by atoms with Crippen molar-refractivity contribution in [3.8, 4) is 0 Å². The van der Waals surface area contributed by atoms with E-state index < -0.39 is 0 Å². The van der Waals surface area contributed by atoms with E-state index in [-0.39, 0.29) is 12.0 Å². The summed E-state index contributed by atoms with van der Waals surface area (Å²) in [5.41, 5.74) is 1.13. The third-order valence-electron chi connectivity index (χ3n) is 2.89. The van der Waals surface area contributed by atoms with Crippen LogP contribution in [0.1, 0.15) is 5.56 Å². The normalized spacial score (nSPS) is 18.1. The lowest BCUT2D eigenvalue weighted by Crippen LogP contribution is -2.52. The highest BCUT2D eigenvalue weighted by molar-refractivity contribution is 6.30. The number of benzene rings is 1. The minimum Gasteiger partial charge on any atom is -0.396 e. The van der Waals surface area contributed by atoms with Crippen LogP contribution in [0.3, 0.4) is 0 Å². The maximum absolute atomic E-state index is 9.23. The van der Waals surface area contributed by atoms with Gasteiger partial charge in [0.25, 0.3) is 0 Å². The average molecular weight is 242 g/mol. The molecule has 0 unspecified atom stereocenters. The first kappa shape index (κ1) is 11.9. The van der Waals surface area contributed by atoms with Crippen molar-refractivity contribution in [3.63, 3.8) is 0 Å². The van der Waals surface area contributed by atoms with Crippen molar-refractivity contribution in [2.24, 2.45) is 5.41 Å². The molecule has 1 heterocycles. The predicted octanol–water partition coefficient (Wildman–Crippen LogP) is 1.44. The number of hydrogen-bond acceptors (Lipinski definition) is 3. The zero-order valence-electron chi connectivity index (χ0n) is 9.08. The van der Waals surface area contributed by atoms with Gasteiger partial charge in [-0.3, -0.25) is 0 Å². The van der Waals surface area contributed by atoms with Crippen LogP contribution in [0, 0.1) is 5.41 Å². The summed E-state index contributed by atoms with van der Waals surface area (Å²) >= 11 is 5.80. The first-order valence-corrected chi connectivity index (χ1v) is 5.76. The van der Waals surface area contributed by atoms with Crippen molar-refractivity contribution in [2.45, 2.75) is 6.54 Å². The average Bonchev–Trinajstić information content (AvgIpc) is 2.25. The fourth-order valence-electron chi connectivity index (χ4n) is 1.71. The fraction of sp³-hybridized carbons (Fsp3) is 0.500. The van der Waals surface area contributed by atoms with Gasteiger partial charge in [0, 0.05) is 18.1 Å². The highest BCUT2D eigenvalue weighted by Gasteiger charge is 2.37. The third kappa shape index (κ3) is 2.74. The molecule has 1 saturated heterocycles. The molecule has 0 bridgehead atoms. The number of nitrogens with one attached hydrogen (secondary N) is 1. The molecule has 1 aromatic rings. The number of rotatable bonds is 5. The maximum Gasteiger partial charge on any atom is 0.0579 e. The molecule has 0 amide bonds. The lowest BCUT2D eigenvalue weighted by molar-refractivity contribution is -0.134. The van der Waals surface area contributed by atoms with Gasteiger partial charge in [-0.25, -0.2) is 0 Å². The standard InChI is InChI=1S/C12H16ClNO2/c13-11-3-1-10(2-4-11)5-14-6-12(7-15)8-16-9-12/h1-4,14-15H,5-9H2. The first-order chi connectivity index (χ1) is 7.74. The molecule has 4 heteroatoms. The molecule has 0 radical (unpaired) electrons. The van der Waals surface area contributed by atoms with Gasteiger partial charge in [0.15, 0.2) is 0 Å². The van der Waals surface area contributed by atoms with Crippen LogP contribution in [-0.2, 0) is 11.3 Å². The zero-order chi connectivity index (χ0) is 11.4. The summed E-state index contributed by atoms with van der Waals surface area (Å²) in [6.45, 7) is 3.06. The smallest absolute Gasteiger partial charge is 0.0579 e. The van der Waals surface area contributed by atoms with Gasteiger partial charge in [0.05, 0.1) is 25.2 Å². The molecular formula is C12H16ClNO2. The van der Waals surface area contributed by atoms with Crippen molar-refractivity contribution >= 4 is 11.6 Å². The topological polar surface area (TPSA) is 41.5 Å². The van der Waals surface area contributed by atoms with Gasteiger partial charge < -0.3 is 15.2 Å². The van der Waals surface area contributed by atoms with Gasteiger partial charge in [-0.1, -0.05) is 23.7 Å². The van der Waals surface area contributed by atoms with Crippen LogP contribution in [0.4, 0.5) is 0 Å². The molecule has 0 aromatic heterocycles. The lowest BCUT2D eigenvalue weighted by atomic mass is 9.87. The highest BCUT2D eigenvalue weighted by Crippen LogP contribution is 2.25. The van der Waals surface area contributed by atoms with Crippen LogP contribution < -0.4 is 5.32 Å². The van der Waals surface area contributed by atoms with E-state index in [2.05, 4.69) is 5.32 Å². The van der Waals surface area contributed by atoms with E-state index in [4.69, 9.17) is 16.3 Å². The summed E-state index contributed by atoms with van der Waals surface area (Å²) in [5.74, 6) is 0. The number of halogens is 1. The third-order valence-corrected chi connectivity index (χ3v) is 3.15. The van der Waals surface area contributed by atoms with E-state index in [1.165, 1.54) is 5.56 Å². The van der Waals surface area contributed by atoms with Gasteiger partial charge in [0.1, 0.15) is 0 Å². The van der Waals surface area contributed by atoms with E-state index in [1.54, 1.807) is 0 Å². The van der Waals surface area contributed by atoms with E-state index >= 15 is 0 Å². The van der Waals surface area contributed by atoms with Crippen molar-refractivity contribution in [1.29, 1.82) is 0 Å². The van der Waals surface area contributed by atoms with Gasteiger partial charge >= 0.3 is 0 Å². The SMILES string of the molecule is OCC1(CNCc2ccc(Cl)cc2)COC1. The van der Waals surface area contributed by atoms with Gasteiger partial charge in [-0.15, -0.1) is 0 Å². The van der Waals surface area contributed by atoms with Crippen LogP contribution in [-0.4, -0.2) is 31.5 Å². The molecule has 2 N–H and O–H groups in total. The van der Waals surface area contributed by atoms with Crippen LogP contribution in [0.15, 0.2) is 24.3 Å². The Balaban J connectivity index is 1.77. The van der Waals surface area contributed by atoms with Crippen molar-refractivity contribution in [3.05, 3.63) is 34.9 Å². The van der Waals surface area contributed by atoms with Crippen molar-refractivity contribution < 1.29 is 9.84 Å². The molecule has 1 aliphatic rings. The van der Waals surface area contributed by atoms with Gasteiger partial charge in [-0.2, -0.15) is 0 Å². The second-order valence-corrected chi connectivity index (χ2v) is 4.82. The molecule has 1 aromatic carbocycles. The summed E-state index contributed by atoms with van der Waals surface area (Å²) in [6.07, 6.45) is 0. The number of aliphatic hydroxyl groups excluding tert-OH is 1. The van der Waals surface area contributed by atoms with Crippen LogP contribution in [0.25, 0.3) is 0 Å². The largest absolute Gasteiger partial charge is 0.396 e. The van der Waals surface area contributed by atoms with Crippen molar-refractivity contribution in [2.75, 3.05) is 26.4 Å². The first-order valence-electron chi connectivity index (χ1n) is 5.38. The van der Waals surface area contributed by atoms with E-state index in [1.807, 2.05) is 24.3 Å². The Bertz CT molecular complexity index is 330. The summed E-state index contributed by atoms with van der Waals surface area (Å²) in [7, 11) is 0. The minimum absolute atomic E-state index is 0.0631. The molecule has 88 valence electrons. The molecule has 3 nitrogen and oxygen atoms in total. The second kappa shape index (κ2) is 5.15. The summed E-state index contributed by atoms with van der Waals surface area (Å²) < 4.78 is 5.13. The fourth-order valence-corrected chi connectivity index (χ4v) is 1.84. The van der Waals surface area contributed by atoms with E-state index in [0.717, 1.165) is 18.1 Å². The Morgan fingerprint density at radius 1 is 1.31 bits per heavy atom. The Morgan fingerprint density at radius 3 is 2.50 bits per heavy atom.